The zero-order chi connectivity index (χ0) is 10.3. The normalized spacial score (nSPS) is 10.7. The third-order valence-corrected chi connectivity index (χ3v) is 4.96. The first-order valence-corrected chi connectivity index (χ1v) is 5.91. The molecule has 0 aliphatic rings. The van der Waals surface area contributed by atoms with E-state index in [9.17, 15) is 4.79 Å². The average molecular weight is 318 g/mol. The van der Waals surface area contributed by atoms with Crippen LogP contribution in [0.25, 0.3) is 10.1 Å². The first-order valence-electron chi connectivity index (χ1n) is 4.02. The molecule has 2 rings (SSSR count). The lowest BCUT2D eigenvalue weighted by atomic mass is 10.1. The number of thiophene rings is 1. The predicted octanol–water partition coefficient (Wildman–Crippen LogP) is 3.51. The molecule has 0 unspecified atom stereocenters. The Labute approximate surface area is 98.7 Å². The van der Waals surface area contributed by atoms with Crippen molar-refractivity contribution in [1.82, 2.24) is 0 Å². The maximum Gasteiger partial charge on any atom is 0.337 e. The summed E-state index contributed by atoms with van der Waals surface area (Å²) in [6.07, 6.45) is 0. The molecule has 0 atom stereocenters. The van der Waals surface area contributed by atoms with E-state index in [2.05, 4.69) is 22.6 Å². The lowest BCUT2D eigenvalue weighted by Crippen LogP contribution is -1.95. The van der Waals surface area contributed by atoms with E-state index in [0.29, 0.717) is 5.56 Å². The van der Waals surface area contributed by atoms with E-state index in [-0.39, 0.29) is 0 Å². The van der Waals surface area contributed by atoms with Crippen LogP contribution in [0.4, 0.5) is 0 Å². The minimum atomic E-state index is -0.853. The molecular formula is C10H7IO2S. The van der Waals surface area contributed by atoms with E-state index in [1.807, 2.05) is 13.0 Å². The Bertz CT molecular complexity index is 516. The van der Waals surface area contributed by atoms with Crippen LogP contribution in [0, 0.1) is 10.5 Å². The Morgan fingerprint density at radius 2 is 2.21 bits per heavy atom. The number of halogens is 1. The van der Waals surface area contributed by atoms with Crippen LogP contribution in [0.15, 0.2) is 18.2 Å². The summed E-state index contributed by atoms with van der Waals surface area (Å²) in [5.74, 6) is -0.853. The molecule has 1 N–H and O–H groups in total. The van der Waals surface area contributed by atoms with E-state index in [1.165, 1.54) is 4.88 Å². The third kappa shape index (κ3) is 1.42. The highest BCUT2D eigenvalue weighted by atomic mass is 127. The van der Waals surface area contributed by atoms with Gasteiger partial charge in [0, 0.05) is 13.8 Å². The summed E-state index contributed by atoms with van der Waals surface area (Å²) in [4.78, 5) is 12.1. The summed E-state index contributed by atoms with van der Waals surface area (Å²) in [5, 5.41) is 10.0. The van der Waals surface area contributed by atoms with Gasteiger partial charge >= 0.3 is 5.97 Å². The molecule has 14 heavy (non-hydrogen) atoms. The van der Waals surface area contributed by atoms with E-state index in [4.69, 9.17) is 5.11 Å². The molecule has 0 spiro atoms. The molecule has 2 nitrogen and oxygen atoms in total. The van der Waals surface area contributed by atoms with Crippen LogP contribution >= 0.6 is 33.9 Å². The van der Waals surface area contributed by atoms with Crippen LogP contribution in [-0.4, -0.2) is 11.1 Å². The smallest absolute Gasteiger partial charge is 0.337 e. The first-order chi connectivity index (χ1) is 6.61. The molecule has 0 amide bonds. The van der Waals surface area contributed by atoms with Crippen LogP contribution in [-0.2, 0) is 0 Å². The zero-order valence-electron chi connectivity index (χ0n) is 7.37. The summed E-state index contributed by atoms with van der Waals surface area (Å²) in [6, 6.07) is 5.41. The van der Waals surface area contributed by atoms with Gasteiger partial charge in [-0.3, -0.25) is 0 Å². The summed E-state index contributed by atoms with van der Waals surface area (Å²) in [7, 11) is 0. The van der Waals surface area contributed by atoms with Gasteiger partial charge < -0.3 is 5.11 Å². The van der Waals surface area contributed by atoms with E-state index < -0.39 is 5.97 Å². The van der Waals surface area contributed by atoms with Gasteiger partial charge in [-0.15, -0.1) is 11.3 Å². The molecule has 1 heterocycles. The number of carboxylic acids is 1. The summed E-state index contributed by atoms with van der Waals surface area (Å²) in [5.41, 5.74) is 0.401. The standard InChI is InChI=1S/C10H7IO2S/c1-5-8(11)6-3-2-4-7(10(12)13)9(6)14-5/h2-4H,1H3,(H,12,13). The van der Waals surface area contributed by atoms with Crippen LogP contribution < -0.4 is 0 Å². The van der Waals surface area contributed by atoms with Crippen molar-refractivity contribution >= 4 is 50.0 Å². The van der Waals surface area contributed by atoms with Crippen LogP contribution in [0.1, 0.15) is 15.2 Å². The Kier molecular flexibility index (Phi) is 2.48. The second-order valence-electron chi connectivity index (χ2n) is 2.96. The fourth-order valence-corrected chi connectivity index (χ4v) is 3.39. The van der Waals surface area contributed by atoms with Gasteiger partial charge in [-0.25, -0.2) is 4.79 Å². The van der Waals surface area contributed by atoms with Crippen molar-refractivity contribution in [3.8, 4) is 0 Å². The molecule has 1 aromatic carbocycles. The number of benzene rings is 1. The predicted molar refractivity (Wildman–Crippen MR) is 66.2 cm³/mol. The molecule has 0 radical (unpaired) electrons. The van der Waals surface area contributed by atoms with Gasteiger partial charge in [-0.05, 0) is 35.6 Å². The van der Waals surface area contributed by atoms with Crippen molar-refractivity contribution in [2.75, 3.05) is 0 Å². The molecule has 0 bridgehead atoms. The number of hydrogen-bond acceptors (Lipinski definition) is 2. The van der Waals surface area contributed by atoms with Gasteiger partial charge in [0.15, 0.2) is 0 Å². The third-order valence-electron chi connectivity index (χ3n) is 2.05. The van der Waals surface area contributed by atoms with Gasteiger partial charge in [0.25, 0.3) is 0 Å². The molecule has 1 aromatic heterocycles. The topological polar surface area (TPSA) is 37.3 Å². The van der Waals surface area contributed by atoms with E-state index >= 15 is 0 Å². The Hall–Kier alpha value is -0.620. The maximum absolute atomic E-state index is 10.9. The lowest BCUT2D eigenvalue weighted by Gasteiger charge is -1.95. The van der Waals surface area contributed by atoms with Gasteiger partial charge in [0.2, 0.25) is 0 Å². The number of carboxylic acid groups (broad SMARTS) is 1. The van der Waals surface area contributed by atoms with Crippen LogP contribution in [0.3, 0.4) is 0 Å². The first kappa shape index (κ1) is 9.92. The second-order valence-corrected chi connectivity index (χ2v) is 5.26. The number of fused-ring (bicyclic) bond motifs is 1. The molecule has 4 heteroatoms. The molecule has 0 aliphatic heterocycles. The fraction of sp³-hybridized carbons (Fsp3) is 0.100. The number of rotatable bonds is 1. The maximum atomic E-state index is 10.9. The molecule has 72 valence electrons. The number of aryl methyl sites for hydroxylation is 1. The second kappa shape index (κ2) is 3.51. The minimum absolute atomic E-state index is 0.401. The zero-order valence-corrected chi connectivity index (χ0v) is 10.3. The Morgan fingerprint density at radius 3 is 2.86 bits per heavy atom. The average Bonchev–Trinajstić information content (AvgIpc) is 2.43. The largest absolute Gasteiger partial charge is 0.478 e. The summed E-state index contributed by atoms with van der Waals surface area (Å²) in [6.45, 7) is 2.01. The van der Waals surface area contributed by atoms with Gasteiger partial charge in [0.1, 0.15) is 0 Å². The summed E-state index contributed by atoms with van der Waals surface area (Å²) < 4.78 is 2.03. The van der Waals surface area contributed by atoms with E-state index in [0.717, 1.165) is 13.7 Å². The molecule has 0 saturated heterocycles. The molecular weight excluding hydrogens is 311 g/mol. The van der Waals surface area contributed by atoms with Crippen molar-refractivity contribution < 1.29 is 9.90 Å². The molecule has 0 saturated carbocycles. The summed E-state index contributed by atoms with van der Waals surface area (Å²) >= 11 is 3.80. The van der Waals surface area contributed by atoms with Crippen LogP contribution in [0.5, 0.6) is 0 Å². The highest BCUT2D eigenvalue weighted by molar-refractivity contribution is 14.1. The van der Waals surface area contributed by atoms with Gasteiger partial charge in [-0.1, -0.05) is 12.1 Å². The van der Waals surface area contributed by atoms with Gasteiger partial charge in [0.05, 0.1) is 10.3 Å². The molecule has 0 fully saturated rings. The SMILES string of the molecule is Cc1sc2c(C(=O)O)cccc2c1I. The molecule has 0 aliphatic carbocycles. The monoisotopic (exact) mass is 318 g/mol. The number of aromatic carboxylic acids is 1. The van der Waals surface area contributed by atoms with Crippen LogP contribution in [0.2, 0.25) is 0 Å². The van der Waals surface area contributed by atoms with Gasteiger partial charge in [-0.2, -0.15) is 0 Å². The number of carbonyl (C=O) groups is 1. The highest BCUT2D eigenvalue weighted by Crippen LogP contribution is 2.33. The van der Waals surface area contributed by atoms with Crippen molar-refractivity contribution in [3.63, 3.8) is 0 Å². The lowest BCUT2D eigenvalue weighted by molar-refractivity contribution is 0.0699. The van der Waals surface area contributed by atoms with Crippen molar-refractivity contribution in [1.29, 1.82) is 0 Å². The Morgan fingerprint density at radius 1 is 1.50 bits per heavy atom. The van der Waals surface area contributed by atoms with Crippen molar-refractivity contribution in [2.24, 2.45) is 0 Å². The number of hydrogen-bond donors (Lipinski definition) is 1. The Balaban J connectivity index is 2.88. The minimum Gasteiger partial charge on any atom is -0.478 e. The quantitative estimate of drug-likeness (QED) is 0.817. The fourth-order valence-electron chi connectivity index (χ4n) is 1.38. The van der Waals surface area contributed by atoms with Crippen molar-refractivity contribution in [2.45, 2.75) is 6.92 Å². The van der Waals surface area contributed by atoms with E-state index in [1.54, 1.807) is 23.5 Å². The van der Waals surface area contributed by atoms with Crippen molar-refractivity contribution in [3.05, 3.63) is 32.2 Å². The highest BCUT2D eigenvalue weighted by Gasteiger charge is 2.13. The molecule has 2 aromatic rings.